The number of rotatable bonds is 3. The highest BCUT2D eigenvalue weighted by Gasteiger charge is 2.35. The van der Waals surface area contributed by atoms with Gasteiger partial charge in [0.25, 0.3) is 0 Å². The SMILES string of the molecule is Cc1cnn(CC2CN(c3cc(C(F)(F)F)nc(C)n3)C2)c1. The van der Waals surface area contributed by atoms with E-state index < -0.39 is 11.9 Å². The van der Waals surface area contributed by atoms with Crippen LogP contribution in [0.25, 0.3) is 0 Å². The molecule has 0 atom stereocenters. The summed E-state index contributed by atoms with van der Waals surface area (Å²) in [7, 11) is 0. The second-order valence-corrected chi connectivity index (χ2v) is 5.67. The van der Waals surface area contributed by atoms with Crippen molar-refractivity contribution < 1.29 is 13.2 Å². The number of anilines is 1. The Balaban J connectivity index is 1.66. The van der Waals surface area contributed by atoms with Crippen LogP contribution in [0.4, 0.5) is 19.0 Å². The first kappa shape index (κ1) is 14.8. The quantitative estimate of drug-likeness (QED) is 0.873. The van der Waals surface area contributed by atoms with E-state index in [0.717, 1.165) is 18.2 Å². The molecule has 22 heavy (non-hydrogen) atoms. The van der Waals surface area contributed by atoms with Crippen LogP contribution in [-0.4, -0.2) is 32.8 Å². The average Bonchev–Trinajstić information content (AvgIpc) is 2.77. The van der Waals surface area contributed by atoms with Crippen LogP contribution >= 0.6 is 0 Å². The summed E-state index contributed by atoms with van der Waals surface area (Å²) in [4.78, 5) is 9.40. The molecule has 0 aliphatic carbocycles. The largest absolute Gasteiger partial charge is 0.433 e. The lowest BCUT2D eigenvalue weighted by atomic mass is 10.0. The van der Waals surface area contributed by atoms with Gasteiger partial charge in [0, 0.05) is 37.8 Å². The Morgan fingerprint density at radius 3 is 2.55 bits per heavy atom. The van der Waals surface area contributed by atoms with Crippen molar-refractivity contribution in [3.05, 3.63) is 35.5 Å². The van der Waals surface area contributed by atoms with Crippen LogP contribution in [0, 0.1) is 19.8 Å². The summed E-state index contributed by atoms with van der Waals surface area (Å²) in [6, 6.07) is 1.02. The van der Waals surface area contributed by atoms with Crippen LogP contribution in [0.3, 0.4) is 0 Å². The van der Waals surface area contributed by atoms with E-state index in [9.17, 15) is 13.2 Å². The van der Waals surface area contributed by atoms with E-state index in [4.69, 9.17) is 0 Å². The molecule has 0 aromatic carbocycles. The Hall–Kier alpha value is -2.12. The number of halogens is 3. The monoisotopic (exact) mass is 311 g/mol. The van der Waals surface area contributed by atoms with Crippen LogP contribution in [0.5, 0.6) is 0 Å². The highest BCUT2D eigenvalue weighted by molar-refractivity contribution is 5.43. The molecule has 0 radical (unpaired) electrons. The Bertz CT molecular complexity index is 673. The van der Waals surface area contributed by atoms with Gasteiger partial charge in [-0.3, -0.25) is 4.68 Å². The molecular weight excluding hydrogens is 295 g/mol. The van der Waals surface area contributed by atoms with Gasteiger partial charge < -0.3 is 4.90 Å². The molecule has 0 unspecified atom stereocenters. The van der Waals surface area contributed by atoms with Crippen molar-refractivity contribution in [2.24, 2.45) is 5.92 Å². The Labute approximate surface area is 125 Å². The van der Waals surface area contributed by atoms with Gasteiger partial charge >= 0.3 is 6.18 Å². The molecule has 5 nitrogen and oxygen atoms in total. The fourth-order valence-electron chi connectivity index (χ4n) is 2.56. The predicted molar refractivity (Wildman–Crippen MR) is 74.4 cm³/mol. The van der Waals surface area contributed by atoms with E-state index in [0.29, 0.717) is 24.8 Å². The van der Waals surface area contributed by atoms with Crippen LogP contribution in [0.15, 0.2) is 18.5 Å². The first-order chi connectivity index (χ1) is 10.3. The summed E-state index contributed by atoms with van der Waals surface area (Å²) >= 11 is 0. The van der Waals surface area contributed by atoms with Crippen molar-refractivity contribution in [1.82, 2.24) is 19.7 Å². The molecule has 0 spiro atoms. The van der Waals surface area contributed by atoms with Gasteiger partial charge in [0.1, 0.15) is 17.3 Å². The van der Waals surface area contributed by atoms with Crippen LogP contribution in [0.2, 0.25) is 0 Å². The van der Waals surface area contributed by atoms with E-state index in [1.54, 1.807) is 6.20 Å². The van der Waals surface area contributed by atoms with E-state index in [-0.39, 0.29) is 5.82 Å². The molecule has 8 heteroatoms. The van der Waals surface area contributed by atoms with E-state index in [1.807, 2.05) is 22.7 Å². The molecular formula is C14H16F3N5. The summed E-state index contributed by atoms with van der Waals surface area (Å²) < 4.78 is 40.2. The molecule has 1 aliphatic heterocycles. The number of aryl methyl sites for hydroxylation is 2. The third-order valence-corrected chi connectivity index (χ3v) is 3.60. The summed E-state index contributed by atoms with van der Waals surface area (Å²) in [6.07, 6.45) is -0.696. The van der Waals surface area contributed by atoms with Crippen molar-refractivity contribution >= 4 is 5.82 Å². The van der Waals surface area contributed by atoms with Gasteiger partial charge in [-0.15, -0.1) is 0 Å². The molecule has 0 bridgehead atoms. The lowest BCUT2D eigenvalue weighted by Gasteiger charge is -2.40. The highest BCUT2D eigenvalue weighted by Crippen LogP contribution is 2.31. The zero-order chi connectivity index (χ0) is 15.9. The molecule has 2 aromatic heterocycles. The smallest absolute Gasteiger partial charge is 0.356 e. The van der Waals surface area contributed by atoms with Gasteiger partial charge in [0.05, 0.1) is 6.20 Å². The van der Waals surface area contributed by atoms with Crippen molar-refractivity contribution in [2.45, 2.75) is 26.6 Å². The zero-order valence-electron chi connectivity index (χ0n) is 12.3. The second kappa shape index (κ2) is 5.26. The Morgan fingerprint density at radius 1 is 1.23 bits per heavy atom. The molecule has 0 amide bonds. The molecule has 118 valence electrons. The van der Waals surface area contributed by atoms with E-state index in [1.165, 1.54) is 6.92 Å². The molecule has 0 N–H and O–H groups in total. The fraction of sp³-hybridized carbons (Fsp3) is 0.500. The molecule has 3 rings (SSSR count). The second-order valence-electron chi connectivity index (χ2n) is 5.67. The van der Waals surface area contributed by atoms with Gasteiger partial charge in [-0.2, -0.15) is 18.3 Å². The topological polar surface area (TPSA) is 46.8 Å². The van der Waals surface area contributed by atoms with Crippen molar-refractivity contribution in [1.29, 1.82) is 0 Å². The van der Waals surface area contributed by atoms with Crippen molar-refractivity contribution in [2.75, 3.05) is 18.0 Å². The maximum Gasteiger partial charge on any atom is 0.433 e. The van der Waals surface area contributed by atoms with Gasteiger partial charge in [-0.05, 0) is 19.4 Å². The van der Waals surface area contributed by atoms with Gasteiger partial charge in [-0.25, -0.2) is 9.97 Å². The predicted octanol–water partition coefficient (Wildman–Crippen LogP) is 2.45. The first-order valence-corrected chi connectivity index (χ1v) is 6.98. The van der Waals surface area contributed by atoms with Crippen LogP contribution < -0.4 is 4.90 Å². The lowest BCUT2D eigenvalue weighted by Crippen LogP contribution is -2.49. The third-order valence-electron chi connectivity index (χ3n) is 3.60. The maximum absolute atomic E-state index is 12.8. The standard InChI is InChI=1S/C14H16F3N5/c1-9-4-18-22(5-9)8-11-6-21(7-11)13-3-12(14(15,16)17)19-10(2)20-13/h3-5,11H,6-8H2,1-2H3. The molecule has 1 aliphatic rings. The number of alkyl halides is 3. The molecule has 1 fully saturated rings. The maximum atomic E-state index is 12.8. The first-order valence-electron chi connectivity index (χ1n) is 6.98. The number of nitrogens with zero attached hydrogens (tertiary/aromatic N) is 5. The minimum atomic E-state index is -4.45. The highest BCUT2D eigenvalue weighted by atomic mass is 19.4. The normalized spacial score (nSPS) is 16.0. The minimum Gasteiger partial charge on any atom is -0.356 e. The minimum absolute atomic E-state index is 0.135. The third kappa shape index (κ3) is 3.05. The Kier molecular flexibility index (Phi) is 3.54. The zero-order valence-corrected chi connectivity index (χ0v) is 12.3. The molecule has 3 heterocycles. The number of aromatic nitrogens is 4. The Morgan fingerprint density at radius 2 is 1.95 bits per heavy atom. The summed E-state index contributed by atoms with van der Waals surface area (Å²) in [5.74, 6) is 0.840. The summed E-state index contributed by atoms with van der Waals surface area (Å²) in [6.45, 7) is 5.56. The van der Waals surface area contributed by atoms with Gasteiger partial charge in [0.2, 0.25) is 0 Å². The van der Waals surface area contributed by atoms with Crippen molar-refractivity contribution in [3.63, 3.8) is 0 Å². The van der Waals surface area contributed by atoms with E-state index >= 15 is 0 Å². The van der Waals surface area contributed by atoms with Gasteiger partial charge in [-0.1, -0.05) is 0 Å². The van der Waals surface area contributed by atoms with Crippen molar-refractivity contribution in [3.8, 4) is 0 Å². The fourth-order valence-corrected chi connectivity index (χ4v) is 2.56. The van der Waals surface area contributed by atoms with Gasteiger partial charge in [0.15, 0.2) is 0 Å². The summed E-state index contributed by atoms with van der Waals surface area (Å²) in [5.41, 5.74) is 0.207. The van der Waals surface area contributed by atoms with E-state index in [2.05, 4.69) is 15.1 Å². The van der Waals surface area contributed by atoms with Crippen LogP contribution in [-0.2, 0) is 12.7 Å². The summed E-state index contributed by atoms with van der Waals surface area (Å²) in [5, 5.41) is 4.22. The molecule has 1 saturated heterocycles. The average molecular weight is 311 g/mol. The lowest BCUT2D eigenvalue weighted by molar-refractivity contribution is -0.141. The number of hydrogen-bond donors (Lipinski definition) is 0. The molecule has 0 saturated carbocycles. The van der Waals surface area contributed by atoms with Crippen LogP contribution in [0.1, 0.15) is 17.1 Å². The number of hydrogen-bond acceptors (Lipinski definition) is 4. The molecule has 2 aromatic rings.